The van der Waals surface area contributed by atoms with E-state index in [9.17, 15) is 0 Å². The molecule has 0 spiro atoms. The van der Waals surface area contributed by atoms with Crippen molar-refractivity contribution >= 4 is 5.82 Å². The normalized spacial score (nSPS) is 10.1. The zero-order valence-electron chi connectivity index (χ0n) is 12.3. The molecule has 0 aliphatic carbocycles. The van der Waals surface area contributed by atoms with E-state index >= 15 is 0 Å². The summed E-state index contributed by atoms with van der Waals surface area (Å²) in [7, 11) is 4.61. The molecule has 7 nitrogen and oxygen atoms in total. The van der Waals surface area contributed by atoms with E-state index in [2.05, 4.69) is 9.97 Å². The number of nitrogens with two attached hydrogens (primary N) is 1. The van der Waals surface area contributed by atoms with Gasteiger partial charge in [0.1, 0.15) is 17.4 Å². The maximum Gasteiger partial charge on any atom is 0.224 e. The van der Waals surface area contributed by atoms with Gasteiger partial charge in [0.05, 0.1) is 21.3 Å². The standard InChI is InChI=1S/C14H17N3O4/c1-8-16-12(15)7-13(17-8)21-9-5-10(18-2)14(20-4)11(6-9)19-3/h5-7H,1-4H3,(H2,15,16,17). The average molecular weight is 291 g/mol. The highest BCUT2D eigenvalue weighted by Gasteiger charge is 2.14. The lowest BCUT2D eigenvalue weighted by Gasteiger charge is -2.14. The molecule has 1 aromatic heterocycles. The molecule has 0 saturated carbocycles. The average Bonchev–Trinajstić information content (AvgIpc) is 2.45. The van der Waals surface area contributed by atoms with Crippen LogP contribution in [0.3, 0.4) is 0 Å². The number of rotatable bonds is 5. The number of aryl methyl sites for hydroxylation is 1. The van der Waals surface area contributed by atoms with E-state index in [-0.39, 0.29) is 0 Å². The lowest BCUT2D eigenvalue weighted by atomic mass is 10.2. The van der Waals surface area contributed by atoms with Gasteiger partial charge in [0.25, 0.3) is 0 Å². The van der Waals surface area contributed by atoms with Crippen LogP contribution in [0.15, 0.2) is 18.2 Å². The third kappa shape index (κ3) is 3.25. The molecular weight excluding hydrogens is 274 g/mol. The Balaban J connectivity index is 2.40. The second-order valence-electron chi connectivity index (χ2n) is 4.14. The molecule has 7 heteroatoms. The zero-order valence-corrected chi connectivity index (χ0v) is 12.3. The third-order valence-corrected chi connectivity index (χ3v) is 2.69. The smallest absolute Gasteiger partial charge is 0.224 e. The molecule has 1 aromatic carbocycles. The summed E-state index contributed by atoms with van der Waals surface area (Å²) in [5.41, 5.74) is 5.67. The van der Waals surface area contributed by atoms with Crippen LogP contribution in [0.25, 0.3) is 0 Å². The van der Waals surface area contributed by atoms with Crippen LogP contribution in [-0.4, -0.2) is 31.3 Å². The number of aromatic nitrogens is 2. The molecule has 0 radical (unpaired) electrons. The fourth-order valence-electron chi connectivity index (χ4n) is 1.85. The first-order valence-electron chi connectivity index (χ1n) is 6.16. The van der Waals surface area contributed by atoms with Gasteiger partial charge in [-0.3, -0.25) is 0 Å². The Hall–Kier alpha value is -2.70. The summed E-state index contributed by atoms with van der Waals surface area (Å²) in [6, 6.07) is 4.89. The van der Waals surface area contributed by atoms with Crippen molar-refractivity contribution in [1.29, 1.82) is 0 Å². The molecule has 0 saturated heterocycles. The summed E-state index contributed by atoms with van der Waals surface area (Å²) in [6.07, 6.45) is 0. The van der Waals surface area contributed by atoms with Crippen molar-refractivity contribution in [2.45, 2.75) is 6.92 Å². The van der Waals surface area contributed by atoms with Crippen molar-refractivity contribution in [3.05, 3.63) is 24.0 Å². The van der Waals surface area contributed by atoms with E-state index in [1.54, 1.807) is 19.1 Å². The number of benzene rings is 1. The maximum absolute atomic E-state index is 5.68. The molecule has 0 amide bonds. The number of nitrogens with zero attached hydrogens (tertiary/aromatic N) is 2. The summed E-state index contributed by atoms with van der Waals surface area (Å²) in [5.74, 6) is 3.17. The van der Waals surface area contributed by atoms with Crippen molar-refractivity contribution < 1.29 is 18.9 Å². The molecular formula is C14H17N3O4. The number of nitrogen functional groups attached to an aromatic ring is 1. The fourth-order valence-corrected chi connectivity index (χ4v) is 1.85. The number of ether oxygens (including phenoxy) is 4. The highest BCUT2D eigenvalue weighted by Crippen LogP contribution is 2.41. The number of hydrogen-bond acceptors (Lipinski definition) is 7. The molecule has 21 heavy (non-hydrogen) atoms. The Bertz CT molecular complexity index is 601. The molecule has 0 fully saturated rings. The van der Waals surface area contributed by atoms with Crippen LogP contribution in [0.1, 0.15) is 5.82 Å². The van der Waals surface area contributed by atoms with Crippen molar-refractivity contribution in [2.24, 2.45) is 0 Å². The van der Waals surface area contributed by atoms with Gasteiger partial charge in [-0.25, -0.2) is 4.98 Å². The summed E-state index contributed by atoms with van der Waals surface area (Å²) in [6.45, 7) is 1.73. The summed E-state index contributed by atoms with van der Waals surface area (Å²) >= 11 is 0. The molecule has 0 aliphatic rings. The van der Waals surface area contributed by atoms with E-state index in [4.69, 9.17) is 24.7 Å². The molecule has 2 aromatic rings. The second kappa shape index (κ2) is 6.17. The van der Waals surface area contributed by atoms with Gasteiger partial charge in [-0.1, -0.05) is 0 Å². The van der Waals surface area contributed by atoms with Crippen LogP contribution in [-0.2, 0) is 0 Å². The van der Waals surface area contributed by atoms with Gasteiger partial charge in [-0.05, 0) is 6.92 Å². The van der Waals surface area contributed by atoms with Crippen LogP contribution < -0.4 is 24.7 Å². The first-order valence-corrected chi connectivity index (χ1v) is 6.16. The maximum atomic E-state index is 5.68. The molecule has 1 heterocycles. The molecule has 2 N–H and O–H groups in total. The van der Waals surface area contributed by atoms with E-state index < -0.39 is 0 Å². The second-order valence-corrected chi connectivity index (χ2v) is 4.14. The number of hydrogen-bond donors (Lipinski definition) is 1. The van der Waals surface area contributed by atoms with Gasteiger partial charge in [-0.15, -0.1) is 0 Å². The molecule has 112 valence electrons. The van der Waals surface area contributed by atoms with Crippen molar-refractivity contribution in [2.75, 3.05) is 27.1 Å². The summed E-state index contributed by atoms with van der Waals surface area (Å²) in [4.78, 5) is 8.14. The van der Waals surface area contributed by atoms with E-state index in [1.807, 2.05) is 0 Å². The monoisotopic (exact) mass is 291 g/mol. The van der Waals surface area contributed by atoms with E-state index in [0.717, 1.165) is 0 Å². The fraction of sp³-hybridized carbons (Fsp3) is 0.286. The highest BCUT2D eigenvalue weighted by molar-refractivity contribution is 5.56. The Morgan fingerprint density at radius 2 is 1.52 bits per heavy atom. The predicted molar refractivity (Wildman–Crippen MR) is 77.4 cm³/mol. The first kappa shape index (κ1) is 14.7. The van der Waals surface area contributed by atoms with Crippen LogP contribution >= 0.6 is 0 Å². The Morgan fingerprint density at radius 3 is 2.00 bits per heavy atom. The molecule has 0 unspecified atom stereocenters. The largest absolute Gasteiger partial charge is 0.493 e. The van der Waals surface area contributed by atoms with Crippen molar-refractivity contribution in [3.63, 3.8) is 0 Å². The highest BCUT2D eigenvalue weighted by atomic mass is 16.5. The van der Waals surface area contributed by atoms with Gasteiger partial charge in [0, 0.05) is 18.2 Å². The van der Waals surface area contributed by atoms with Gasteiger partial charge >= 0.3 is 0 Å². The Labute approximate surface area is 122 Å². The van der Waals surface area contributed by atoms with Gasteiger partial charge in [0.2, 0.25) is 11.6 Å². The number of anilines is 1. The minimum Gasteiger partial charge on any atom is -0.493 e. The predicted octanol–water partition coefficient (Wildman–Crippen LogP) is 2.19. The van der Waals surface area contributed by atoms with E-state index in [1.165, 1.54) is 27.4 Å². The minimum absolute atomic E-state index is 0.338. The lowest BCUT2D eigenvalue weighted by molar-refractivity contribution is 0.320. The van der Waals surface area contributed by atoms with E-state index in [0.29, 0.717) is 40.5 Å². The minimum atomic E-state index is 0.338. The van der Waals surface area contributed by atoms with Gasteiger partial charge in [0.15, 0.2) is 11.5 Å². The van der Waals surface area contributed by atoms with Crippen molar-refractivity contribution in [1.82, 2.24) is 9.97 Å². The number of methoxy groups -OCH3 is 3. The van der Waals surface area contributed by atoms with Crippen LogP contribution in [0.2, 0.25) is 0 Å². The SMILES string of the molecule is COc1cc(Oc2cc(N)nc(C)n2)cc(OC)c1OC. The molecule has 0 aliphatic heterocycles. The quantitative estimate of drug-likeness (QED) is 0.903. The lowest BCUT2D eigenvalue weighted by Crippen LogP contribution is -1.99. The zero-order chi connectivity index (χ0) is 15.4. The van der Waals surface area contributed by atoms with Gasteiger partial charge < -0.3 is 24.7 Å². The van der Waals surface area contributed by atoms with Crippen LogP contribution in [0.4, 0.5) is 5.82 Å². The summed E-state index contributed by atoms with van der Waals surface area (Å²) in [5, 5.41) is 0. The van der Waals surface area contributed by atoms with Crippen LogP contribution in [0, 0.1) is 6.92 Å². The third-order valence-electron chi connectivity index (χ3n) is 2.69. The van der Waals surface area contributed by atoms with Gasteiger partial charge in [-0.2, -0.15) is 4.98 Å². The molecule has 2 rings (SSSR count). The topological polar surface area (TPSA) is 88.7 Å². The first-order chi connectivity index (χ1) is 10.1. The Morgan fingerprint density at radius 1 is 0.905 bits per heavy atom. The van der Waals surface area contributed by atoms with Crippen LogP contribution in [0.5, 0.6) is 28.9 Å². The molecule has 0 atom stereocenters. The Kier molecular flexibility index (Phi) is 4.32. The summed E-state index contributed by atoms with van der Waals surface area (Å²) < 4.78 is 21.5. The van der Waals surface area contributed by atoms with Crippen molar-refractivity contribution in [3.8, 4) is 28.9 Å². The molecule has 0 bridgehead atoms.